The molecule has 0 aromatic rings. The molecule has 0 aromatic heterocycles. The standard InChI is InChI=1S/C10H20N2O2/c1-3-5-12-10(9(11)13)4-6-14-8(2)7-10/h8,12H,3-7H2,1-2H3,(H2,11,13). The average Bonchev–Trinajstić information content (AvgIpc) is 2.14. The fraction of sp³-hybridized carbons (Fsp3) is 0.900. The van der Waals surface area contributed by atoms with Crippen molar-refractivity contribution in [3.63, 3.8) is 0 Å². The molecule has 0 spiro atoms. The molecule has 14 heavy (non-hydrogen) atoms. The Balaban J connectivity index is 2.65. The summed E-state index contributed by atoms with van der Waals surface area (Å²) in [5.74, 6) is -0.249. The van der Waals surface area contributed by atoms with E-state index < -0.39 is 5.54 Å². The minimum Gasteiger partial charge on any atom is -0.378 e. The SMILES string of the molecule is CCCNC1(C(N)=O)CCOC(C)C1. The lowest BCUT2D eigenvalue weighted by atomic mass is 9.86. The van der Waals surface area contributed by atoms with Crippen molar-refractivity contribution in [1.29, 1.82) is 0 Å². The molecular weight excluding hydrogens is 180 g/mol. The van der Waals surface area contributed by atoms with E-state index in [0.717, 1.165) is 13.0 Å². The van der Waals surface area contributed by atoms with Gasteiger partial charge in [-0.2, -0.15) is 0 Å². The second-order valence-corrected chi connectivity index (χ2v) is 4.01. The van der Waals surface area contributed by atoms with E-state index in [1.807, 2.05) is 6.92 Å². The van der Waals surface area contributed by atoms with Crippen LogP contribution in [0.1, 0.15) is 33.1 Å². The summed E-state index contributed by atoms with van der Waals surface area (Å²) in [4.78, 5) is 11.4. The molecule has 0 radical (unpaired) electrons. The van der Waals surface area contributed by atoms with Crippen LogP contribution in [0, 0.1) is 0 Å². The summed E-state index contributed by atoms with van der Waals surface area (Å²) in [7, 11) is 0. The Labute approximate surface area is 85.2 Å². The molecule has 0 saturated carbocycles. The van der Waals surface area contributed by atoms with Gasteiger partial charge >= 0.3 is 0 Å². The molecule has 1 aliphatic heterocycles. The van der Waals surface area contributed by atoms with E-state index in [4.69, 9.17) is 10.5 Å². The van der Waals surface area contributed by atoms with Gasteiger partial charge in [0.15, 0.2) is 0 Å². The molecule has 0 aliphatic carbocycles. The van der Waals surface area contributed by atoms with Crippen LogP contribution in [0.2, 0.25) is 0 Å². The highest BCUT2D eigenvalue weighted by molar-refractivity contribution is 5.84. The molecule has 3 N–H and O–H groups in total. The van der Waals surface area contributed by atoms with Crippen LogP contribution >= 0.6 is 0 Å². The number of primary amides is 1. The quantitative estimate of drug-likeness (QED) is 0.691. The molecule has 0 aromatic carbocycles. The van der Waals surface area contributed by atoms with Crippen molar-refractivity contribution in [3.8, 4) is 0 Å². The zero-order valence-corrected chi connectivity index (χ0v) is 9.01. The van der Waals surface area contributed by atoms with Gasteiger partial charge in [0.25, 0.3) is 0 Å². The van der Waals surface area contributed by atoms with Crippen molar-refractivity contribution in [2.45, 2.75) is 44.8 Å². The molecule has 2 unspecified atom stereocenters. The lowest BCUT2D eigenvalue weighted by Gasteiger charge is -2.38. The van der Waals surface area contributed by atoms with E-state index in [1.54, 1.807) is 0 Å². The van der Waals surface area contributed by atoms with E-state index >= 15 is 0 Å². The van der Waals surface area contributed by atoms with E-state index in [1.165, 1.54) is 0 Å². The number of ether oxygens (including phenoxy) is 1. The predicted octanol–water partition coefficient (Wildman–Crippen LogP) is 0.409. The summed E-state index contributed by atoms with van der Waals surface area (Å²) >= 11 is 0. The summed E-state index contributed by atoms with van der Waals surface area (Å²) in [6, 6.07) is 0. The second-order valence-electron chi connectivity index (χ2n) is 4.01. The first-order chi connectivity index (χ1) is 6.60. The molecule has 1 aliphatic rings. The van der Waals surface area contributed by atoms with Crippen LogP contribution in [0.15, 0.2) is 0 Å². The summed E-state index contributed by atoms with van der Waals surface area (Å²) in [6.45, 7) is 5.49. The molecule has 1 amide bonds. The van der Waals surface area contributed by atoms with Gasteiger partial charge in [-0.25, -0.2) is 0 Å². The van der Waals surface area contributed by atoms with Crippen LogP contribution in [0.25, 0.3) is 0 Å². The summed E-state index contributed by atoms with van der Waals surface area (Å²) < 4.78 is 5.42. The number of rotatable bonds is 4. The Morgan fingerprint density at radius 3 is 2.93 bits per heavy atom. The molecule has 1 rings (SSSR count). The first-order valence-corrected chi connectivity index (χ1v) is 5.27. The smallest absolute Gasteiger partial charge is 0.237 e. The van der Waals surface area contributed by atoms with Crippen LogP contribution in [-0.4, -0.2) is 30.7 Å². The van der Waals surface area contributed by atoms with Crippen molar-refractivity contribution in [1.82, 2.24) is 5.32 Å². The van der Waals surface area contributed by atoms with Crippen molar-refractivity contribution in [3.05, 3.63) is 0 Å². The number of hydrogen-bond donors (Lipinski definition) is 2. The third-order valence-electron chi connectivity index (χ3n) is 2.75. The third-order valence-corrected chi connectivity index (χ3v) is 2.75. The molecule has 1 heterocycles. The molecule has 82 valence electrons. The molecule has 4 heteroatoms. The van der Waals surface area contributed by atoms with Gasteiger partial charge in [-0.05, 0) is 26.3 Å². The second kappa shape index (κ2) is 4.75. The zero-order valence-electron chi connectivity index (χ0n) is 9.01. The fourth-order valence-electron chi connectivity index (χ4n) is 1.92. The summed E-state index contributed by atoms with van der Waals surface area (Å²) in [5.41, 5.74) is 4.91. The number of carbonyl (C=O) groups is 1. The number of nitrogens with one attached hydrogen (secondary N) is 1. The average molecular weight is 200 g/mol. The Hall–Kier alpha value is -0.610. The molecular formula is C10H20N2O2. The summed E-state index contributed by atoms with van der Waals surface area (Å²) in [5, 5.41) is 3.26. The Morgan fingerprint density at radius 1 is 1.71 bits per heavy atom. The first kappa shape index (κ1) is 11.5. The Kier molecular flexibility index (Phi) is 3.89. The largest absolute Gasteiger partial charge is 0.378 e. The van der Waals surface area contributed by atoms with Gasteiger partial charge in [0.1, 0.15) is 5.54 Å². The van der Waals surface area contributed by atoms with Gasteiger partial charge in [0.05, 0.1) is 6.10 Å². The molecule has 1 saturated heterocycles. The van der Waals surface area contributed by atoms with Crippen molar-refractivity contribution < 1.29 is 9.53 Å². The lowest BCUT2D eigenvalue weighted by molar-refractivity contribution is -0.130. The minimum absolute atomic E-state index is 0.112. The van der Waals surface area contributed by atoms with Gasteiger partial charge in [-0.3, -0.25) is 4.79 Å². The van der Waals surface area contributed by atoms with Crippen LogP contribution in [0.5, 0.6) is 0 Å². The Morgan fingerprint density at radius 2 is 2.43 bits per heavy atom. The highest BCUT2D eigenvalue weighted by Crippen LogP contribution is 2.24. The monoisotopic (exact) mass is 200 g/mol. The van der Waals surface area contributed by atoms with Crippen LogP contribution in [0.3, 0.4) is 0 Å². The number of hydrogen-bond acceptors (Lipinski definition) is 3. The number of amides is 1. The summed E-state index contributed by atoms with van der Waals surface area (Å²) in [6.07, 6.45) is 2.49. The number of nitrogens with two attached hydrogens (primary N) is 1. The van der Waals surface area contributed by atoms with Crippen LogP contribution in [0.4, 0.5) is 0 Å². The van der Waals surface area contributed by atoms with Gasteiger partial charge < -0.3 is 15.8 Å². The van der Waals surface area contributed by atoms with E-state index in [-0.39, 0.29) is 12.0 Å². The highest BCUT2D eigenvalue weighted by atomic mass is 16.5. The highest BCUT2D eigenvalue weighted by Gasteiger charge is 2.40. The van der Waals surface area contributed by atoms with Crippen molar-refractivity contribution >= 4 is 5.91 Å². The molecule has 2 atom stereocenters. The molecule has 0 bridgehead atoms. The van der Waals surface area contributed by atoms with E-state index in [2.05, 4.69) is 12.2 Å². The van der Waals surface area contributed by atoms with E-state index in [9.17, 15) is 4.79 Å². The van der Waals surface area contributed by atoms with Crippen molar-refractivity contribution in [2.75, 3.05) is 13.2 Å². The van der Waals surface area contributed by atoms with Crippen LogP contribution in [-0.2, 0) is 9.53 Å². The third kappa shape index (κ3) is 2.45. The predicted molar refractivity (Wildman–Crippen MR) is 54.9 cm³/mol. The topological polar surface area (TPSA) is 64.3 Å². The van der Waals surface area contributed by atoms with Gasteiger partial charge in [0, 0.05) is 13.0 Å². The van der Waals surface area contributed by atoms with Crippen molar-refractivity contribution in [2.24, 2.45) is 5.73 Å². The normalized spacial score (nSPS) is 32.9. The maximum absolute atomic E-state index is 11.4. The molecule has 1 fully saturated rings. The minimum atomic E-state index is -0.534. The first-order valence-electron chi connectivity index (χ1n) is 5.27. The zero-order chi connectivity index (χ0) is 10.6. The van der Waals surface area contributed by atoms with Gasteiger partial charge in [-0.1, -0.05) is 6.92 Å². The van der Waals surface area contributed by atoms with Gasteiger partial charge in [-0.15, -0.1) is 0 Å². The van der Waals surface area contributed by atoms with Crippen LogP contribution < -0.4 is 11.1 Å². The van der Waals surface area contributed by atoms with E-state index in [0.29, 0.717) is 19.4 Å². The lowest BCUT2D eigenvalue weighted by Crippen LogP contribution is -2.59. The fourth-order valence-corrected chi connectivity index (χ4v) is 1.92. The molecule has 4 nitrogen and oxygen atoms in total. The Bertz CT molecular complexity index is 208. The van der Waals surface area contributed by atoms with Gasteiger partial charge in [0.2, 0.25) is 5.91 Å². The maximum atomic E-state index is 11.4. The maximum Gasteiger partial charge on any atom is 0.237 e. The number of carbonyl (C=O) groups excluding carboxylic acids is 1.